The Morgan fingerprint density at radius 1 is 1.42 bits per heavy atom. The molecule has 0 fully saturated rings. The first-order chi connectivity index (χ1) is 8.95. The number of hydrogen-bond donors (Lipinski definition) is 1. The molecule has 1 heterocycles. The molecule has 0 bridgehead atoms. The Labute approximate surface area is 112 Å². The number of rotatable bonds is 3. The Balaban J connectivity index is 2.93. The highest BCUT2D eigenvalue weighted by molar-refractivity contribution is 7.99. The van der Waals surface area contributed by atoms with Crippen molar-refractivity contribution in [1.29, 1.82) is 0 Å². The van der Waals surface area contributed by atoms with Gasteiger partial charge in [0.2, 0.25) is 0 Å². The van der Waals surface area contributed by atoms with Gasteiger partial charge < -0.3 is 4.98 Å². The SMILES string of the molecule is CSc1c(C(C)=O)c(=O)[nH]c2ccc([N+](=O)[O-])cc12. The first kappa shape index (κ1) is 13.3. The Morgan fingerprint density at radius 3 is 2.63 bits per heavy atom. The van der Waals surface area contributed by atoms with Gasteiger partial charge in [-0.1, -0.05) is 0 Å². The predicted molar refractivity (Wildman–Crippen MR) is 73.0 cm³/mol. The third-order valence-corrected chi connectivity index (χ3v) is 3.55. The smallest absolute Gasteiger partial charge is 0.270 e. The van der Waals surface area contributed by atoms with Gasteiger partial charge in [0, 0.05) is 27.9 Å². The van der Waals surface area contributed by atoms with Crippen molar-refractivity contribution in [2.24, 2.45) is 0 Å². The number of non-ortho nitro benzene ring substituents is 1. The van der Waals surface area contributed by atoms with Crippen LogP contribution in [0.25, 0.3) is 10.9 Å². The van der Waals surface area contributed by atoms with Crippen LogP contribution in [-0.2, 0) is 0 Å². The lowest BCUT2D eigenvalue weighted by molar-refractivity contribution is -0.384. The lowest BCUT2D eigenvalue weighted by atomic mass is 10.1. The van der Waals surface area contributed by atoms with E-state index in [9.17, 15) is 19.7 Å². The number of fused-ring (bicyclic) bond motifs is 1. The van der Waals surface area contributed by atoms with Crippen LogP contribution in [0.3, 0.4) is 0 Å². The van der Waals surface area contributed by atoms with E-state index in [4.69, 9.17) is 0 Å². The molecule has 7 heteroatoms. The van der Waals surface area contributed by atoms with Gasteiger partial charge in [0.05, 0.1) is 10.5 Å². The van der Waals surface area contributed by atoms with Crippen molar-refractivity contribution in [3.05, 3.63) is 44.2 Å². The van der Waals surface area contributed by atoms with Gasteiger partial charge >= 0.3 is 0 Å². The van der Waals surface area contributed by atoms with Crippen LogP contribution in [0, 0.1) is 10.1 Å². The molecule has 0 aliphatic heterocycles. The zero-order valence-corrected chi connectivity index (χ0v) is 11.0. The maximum Gasteiger partial charge on any atom is 0.270 e. The van der Waals surface area contributed by atoms with Crippen molar-refractivity contribution >= 4 is 34.1 Å². The van der Waals surface area contributed by atoms with Gasteiger partial charge in [0.1, 0.15) is 0 Å². The molecule has 0 saturated heterocycles. The number of hydrogen-bond acceptors (Lipinski definition) is 5. The molecule has 6 nitrogen and oxygen atoms in total. The van der Waals surface area contributed by atoms with Gasteiger partial charge in [0.15, 0.2) is 5.78 Å². The van der Waals surface area contributed by atoms with E-state index in [1.54, 1.807) is 6.26 Å². The molecule has 0 unspecified atom stereocenters. The molecule has 1 N–H and O–H groups in total. The van der Waals surface area contributed by atoms with Crippen molar-refractivity contribution in [1.82, 2.24) is 4.98 Å². The van der Waals surface area contributed by atoms with Gasteiger partial charge in [-0.25, -0.2) is 0 Å². The minimum Gasteiger partial charge on any atom is -0.321 e. The molecular formula is C12H10N2O4S. The van der Waals surface area contributed by atoms with Crippen molar-refractivity contribution in [3.63, 3.8) is 0 Å². The van der Waals surface area contributed by atoms with E-state index in [-0.39, 0.29) is 17.0 Å². The average molecular weight is 278 g/mol. The number of aromatic nitrogens is 1. The number of nitro benzene ring substituents is 1. The fourth-order valence-corrected chi connectivity index (χ4v) is 2.73. The summed E-state index contributed by atoms with van der Waals surface area (Å²) in [6.07, 6.45) is 1.72. The van der Waals surface area contributed by atoms with Crippen molar-refractivity contribution in [2.45, 2.75) is 11.8 Å². The van der Waals surface area contributed by atoms with Gasteiger partial charge in [-0.2, -0.15) is 0 Å². The number of carbonyl (C=O) groups is 1. The highest BCUT2D eigenvalue weighted by Crippen LogP contribution is 2.29. The molecule has 0 aliphatic carbocycles. The van der Waals surface area contributed by atoms with Gasteiger partial charge in [-0.15, -0.1) is 11.8 Å². The molecule has 0 spiro atoms. The maximum absolute atomic E-state index is 11.8. The largest absolute Gasteiger partial charge is 0.321 e. The Morgan fingerprint density at radius 2 is 2.11 bits per heavy atom. The standard InChI is InChI=1S/C12H10N2O4S/c1-6(15)10-11(19-2)8-5-7(14(17)18)3-4-9(8)13-12(10)16/h3-5H,1-2H3,(H,13,16). The van der Waals surface area contributed by atoms with E-state index in [1.807, 2.05) is 0 Å². The van der Waals surface area contributed by atoms with Crippen LogP contribution in [0.2, 0.25) is 0 Å². The second-order valence-corrected chi connectivity index (χ2v) is 4.72. The molecule has 2 aromatic rings. The molecule has 0 saturated carbocycles. The predicted octanol–water partition coefficient (Wildman–Crippen LogP) is 2.36. The minimum absolute atomic E-state index is 0.0421. The minimum atomic E-state index is -0.512. The number of Topliss-reactive ketones (excluding diaryl/α,β-unsaturated/α-hetero) is 1. The summed E-state index contributed by atoms with van der Waals surface area (Å²) in [5.74, 6) is -0.362. The number of ketones is 1. The van der Waals surface area contributed by atoms with Crippen molar-refractivity contribution in [3.8, 4) is 0 Å². The van der Waals surface area contributed by atoms with E-state index < -0.39 is 10.5 Å². The fourth-order valence-electron chi connectivity index (χ4n) is 1.90. The van der Waals surface area contributed by atoms with Crippen molar-refractivity contribution in [2.75, 3.05) is 6.26 Å². The summed E-state index contributed by atoms with van der Waals surface area (Å²) in [5.41, 5.74) is -0.0343. The lowest BCUT2D eigenvalue weighted by Gasteiger charge is -2.07. The molecule has 19 heavy (non-hydrogen) atoms. The van der Waals surface area contributed by atoms with E-state index >= 15 is 0 Å². The number of pyridine rings is 1. The van der Waals surface area contributed by atoms with Crippen LogP contribution < -0.4 is 5.56 Å². The number of nitrogens with one attached hydrogen (secondary N) is 1. The summed E-state index contributed by atoms with van der Waals surface area (Å²) in [7, 11) is 0. The molecule has 1 aromatic heterocycles. The summed E-state index contributed by atoms with van der Waals surface area (Å²) in [4.78, 5) is 36.7. The zero-order chi connectivity index (χ0) is 14.2. The molecule has 1 aromatic carbocycles. The first-order valence-corrected chi connectivity index (χ1v) is 6.57. The highest BCUT2D eigenvalue weighted by Gasteiger charge is 2.17. The molecular weight excluding hydrogens is 268 g/mol. The van der Waals surface area contributed by atoms with Crippen LogP contribution in [-0.4, -0.2) is 21.9 Å². The van der Waals surface area contributed by atoms with E-state index in [2.05, 4.69) is 4.98 Å². The first-order valence-electron chi connectivity index (χ1n) is 5.35. The number of nitrogens with zero attached hydrogens (tertiary/aromatic N) is 1. The number of carbonyl (C=O) groups excluding carboxylic acids is 1. The summed E-state index contributed by atoms with van der Waals surface area (Å²) in [6, 6.07) is 4.15. The zero-order valence-electron chi connectivity index (χ0n) is 10.2. The number of benzene rings is 1. The molecule has 0 aliphatic rings. The van der Waals surface area contributed by atoms with Crippen LogP contribution in [0.4, 0.5) is 5.69 Å². The Hall–Kier alpha value is -2.15. The normalized spacial score (nSPS) is 10.6. The third kappa shape index (κ3) is 2.24. The molecule has 0 radical (unpaired) electrons. The molecule has 0 amide bonds. The number of H-pyrrole nitrogens is 1. The molecule has 0 atom stereocenters. The summed E-state index contributed by atoms with van der Waals surface area (Å²) in [5, 5.41) is 11.3. The second-order valence-electron chi connectivity index (χ2n) is 3.91. The second kappa shape index (κ2) is 4.85. The number of aromatic amines is 1. The number of thioether (sulfide) groups is 1. The molecule has 98 valence electrons. The van der Waals surface area contributed by atoms with Crippen molar-refractivity contribution < 1.29 is 9.72 Å². The lowest BCUT2D eigenvalue weighted by Crippen LogP contribution is -2.17. The van der Waals surface area contributed by atoms with Crippen LogP contribution in [0.5, 0.6) is 0 Å². The van der Waals surface area contributed by atoms with Gasteiger partial charge in [0.25, 0.3) is 11.2 Å². The summed E-state index contributed by atoms with van der Waals surface area (Å²) >= 11 is 1.22. The van der Waals surface area contributed by atoms with E-state index in [0.29, 0.717) is 15.8 Å². The quantitative estimate of drug-likeness (QED) is 0.402. The topological polar surface area (TPSA) is 93.1 Å². The fraction of sp³-hybridized carbons (Fsp3) is 0.167. The van der Waals surface area contributed by atoms with Crippen LogP contribution >= 0.6 is 11.8 Å². The number of nitro groups is 1. The van der Waals surface area contributed by atoms with Gasteiger partial charge in [-0.05, 0) is 19.2 Å². The maximum atomic E-state index is 11.8. The monoisotopic (exact) mass is 278 g/mol. The summed E-state index contributed by atoms with van der Waals surface area (Å²) < 4.78 is 0. The van der Waals surface area contributed by atoms with E-state index in [0.717, 1.165) is 0 Å². The van der Waals surface area contributed by atoms with Crippen LogP contribution in [0.1, 0.15) is 17.3 Å². The van der Waals surface area contributed by atoms with E-state index in [1.165, 1.54) is 36.9 Å². The third-order valence-electron chi connectivity index (χ3n) is 2.72. The molecule has 2 rings (SSSR count). The van der Waals surface area contributed by atoms with Gasteiger partial charge in [-0.3, -0.25) is 19.7 Å². The van der Waals surface area contributed by atoms with Crippen LogP contribution in [0.15, 0.2) is 27.9 Å². The Kier molecular flexibility index (Phi) is 3.39. The highest BCUT2D eigenvalue weighted by atomic mass is 32.2. The summed E-state index contributed by atoms with van der Waals surface area (Å²) in [6.45, 7) is 1.30. The Bertz CT molecular complexity index is 751. The average Bonchev–Trinajstić information content (AvgIpc) is 2.35.